The number of hydrogen-bond donors (Lipinski definition) is 1. The van der Waals surface area contributed by atoms with E-state index in [1.165, 1.54) is 0 Å². The quantitative estimate of drug-likeness (QED) is 0.755. The maximum Gasteiger partial charge on any atom is 0.320 e. The summed E-state index contributed by atoms with van der Waals surface area (Å²) in [7, 11) is 0. The second kappa shape index (κ2) is 7.74. The maximum absolute atomic E-state index is 11.4. The summed E-state index contributed by atoms with van der Waals surface area (Å²) in [5.74, 6) is -0.0523. The molecule has 0 spiro atoms. The molecule has 1 heterocycles. The number of hydrogen-bond acceptors (Lipinski definition) is 3. The molecule has 1 aliphatic rings. The fraction of sp³-hybridized carbons (Fsp3) is 0.929. The van der Waals surface area contributed by atoms with Crippen LogP contribution in [0.5, 0.6) is 0 Å². The van der Waals surface area contributed by atoms with Gasteiger partial charge in [0, 0.05) is 13.1 Å². The first kappa shape index (κ1) is 15.4. The van der Waals surface area contributed by atoms with Crippen molar-refractivity contribution in [3.05, 3.63) is 0 Å². The Hall–Kier alpha value is -0.610. The molecule has 2 atom stereocenters. The van der Waals surface area contributed by atoms with Gasteiger partial charge >= 0.3 is 5.97 Å². The molecular weight excluding hydrogens is 228 g/mol. The molecule has 0 aromatic heterocycles. The third-order valence-corrected chi connectivity index (χ3v) is 4.28. The van der Waals surface area contributed by atoms with E-state index in [2.05, 4.69) is 30.6 Å². The summed E-state index contributed by atoms with van der Waals surface area (Å²) in [5.41, 5.74) is 0. The molecule has 1 N–H and O–H groups in total. The lowest BCUT2D eigenvalue weighted by atomic mass is 9.89. The van der Waals surface area contributed by atoms with Gasteiger partial charge in [0.25, 0.3) is 0 Å². The minimum Gasteiger partial charge on any atom is -0.480 e. The van der Waals surface area contributed by atoms with Crippen molar-refractivity contribution >= 4 is 5.97 Å². The number of carbonyl (C=O) groups is 1. The van der Waals surface area contributed by atoms with Crippen molar-refractivity contribution < 1.29 is 9.90 Å². The average Bonchev–Trinajstić information content (AvgIpc) is 2.39. The number of carboxylic acids is 1. The highest BCUT2D eigenvalue weighted by Gasteiger charge is 2.32. The van der Waals surface area contributed by atoms with Crippen LogP contribution < -0.4 is 0 Å². The largest absolute Gasteiger partial charge is 0.480 e. The van der Waals surface area contributed by atoms with Crippen molar-refractivity contribution in [1.29, 1.82) is 0 Å². The monoisotopic (exact) mass is 256 g/mol. The molecule has 1 fully saturated rings. The molecule has 4 heteroatoms. The number of piperidine rings is 1. The van der Waals surface area contributed by atoms with Crippen LogP contribution in [-0.4, -0.2) is 59.6 Å². The second-order valence-corrected chi connectivity index (χ2v) is 5.22. The van der Waals surface area contributed by atoms with Crippen molar-refractivity contribution in [2.75, 3.05) is 32.7 Å². The summed E-state index contributed by atoms with van der Waals surface area (Å²) in [6, 6.07) is -0.265. The number of likely N-dealkylation sites (tertiary alicyclic amines) is 1. The van der Waals surface area contributed by atoms with E-state index in [4.69, 9.17) is 0 Å². The molecule has 106 valence electrons. The Morgan fingerprint density at radius 3 is 2.50 bits per heavy atom. The Morgan fingerprint density at radius 1 is 1.33 bits per heavy atom. The average molecular weight is 256 g/mol. The topological polar surface area (TPSA) is 43.8 Å². The lowest BCUT2D eigenvalue weighted by Gasteiger charge is -2.37. The molecule has 0 aromatic rings. The van der Waals surface area contributed by atoms with Gasteiger partial charge in [0.15, 0.2) is 0 Å². The van der Waals surface area contributed by atoms with Crippen molar-refractivity contribution in [3.63, 3.8) is 0 Å². The first-order valence-electron chi connectivity index (χ1n) is 7.31. The number of nitrogens with zero attached hydrogens (tertiary/aromatic N) is 2. The number of aliphatic carboxylic acids is 1. The van der Waals surface area contributed by atoms with Gasteiger partial charge in [0.1, 0.15) is 6.04 Å². The molecule has 0 aliphatic carbocycles. The van der Waals surface area contributed by atoms with E-state index in [9.17, 15) is 9.90 Å². The number of likely N-dealkylation sites (N-methyl/N-ethyl adjacent to an activating group) is 1. The van der Waals surface area contributed by atoms with Crippen LogP contribution in [0.15, 0.2) is 0 Å². The van der Waals surface area contributed by atoms with Crippen LogP contribution in [0.25, 0.3) is 0 Å². The van der Waals surface area contributed by atoms with Gasteiger partial charge in [0.2, 0.25) is 0 Å². The molecular formula is C14H28N2O2. The summed E-state index contributed by atoms with van der Waals surface area (Å²) < 4.78 is 0. The fourth-order valence-corrected chi connectivity index (χ4v) is 2.79. The zero-order chi connectivity index (χ0) is 13.5. The lowest BCUT2D eigenvalue weighted by Crippen LogP contribution is -2.49. The Kier molecular flexibility index (Phi) is 6.65. The summed E-state index contributed by atoms with van der Waals surface area (Å²) in [5, 5.41) is 9.35. The van der Waals surface area contributed by atoms with Crippen molar-refractivity contribution in [2.24, 2.45) is 5.92 Å². The van der Waals surface area contributed by atoms with E-state index in [0.29, 0.717) is 5.92 Å². The zero-order valence-corrected chi connectivity index (χ0v) is 12.1. The summed E-state index contributed by atoms with van der Waals surface area (Å²) in [4.78, 5) is 15.9. The normalized spacial score (nSPS) is 25.6. The van der Waals surface area contributed by atoms with E-state index in [1.807, 2.05) is 0 Å². The zero-order valence-electron chi connectivity index (χ0n) is 12.1. The highest BCUT2D eigenvalue weighted by atomic mass is 16.4. The minimum absolute atomic E-state index is 0.265. The molecule has 0 aromatic carbocycles. The Labute approximate surface area is 111 Å². The third kappa shape index (κ3) is 4.25. The number of rotatable bonds is 7. The van der Waals surface area contributed by atoms with Gasteiger partial charge in [-0.25, -0.2) is 0 Å². The van der Waals surface area contributed by atoms with E-state index in [1.54, 1.807) is 0 Å². The first-order valence-corrected chi connectivity index (χ1v) is 7.31. The minimum atomic E-state index is -0.646. The molecule has 0 radical (unpaired) electrons. The number of carboxylic acid groups (broad SMARTS) is 1. The first-order chi connectivity index (χ1) is 8.62. The smallest absolute Gasteiger partial charge is 0.320 e. The molecule has 0 saturated carbocycles. The maximum atomic E-state index is 11.4. The summed E-state index contributed by atoms with van der Waals surface area (Å²) in [6.45, 7) is 11.4. The van der Waals surface area contributed by atoms with Gasteiger partial charge in [-0.3, -0.25) is 9.69 Å². The van der Waals surface area contributed by atoms with Crippen molar-refractivity contribution in [1.82, 2.24) is 9.80 Å². The highest BCUT2D eigenvalue weighted by molar-refractivity contribution is 5.73. The van der Waals surface area contributed by atoms with E-state index in [-0.39, 0.29) is 6.04 Å². The predicted molar refractivity (Wildman–Crippen MR) is 73.8 cm³/mol. The standard InChI is InChI=1S/C14H28N2O2/c1-4-12-7-8-16(13(11-12)14(17)18)10-9-15(5-2)6-3/h12-13H,4-11H2,1-3H3,(H,17,18). The second-order valence-electron chi connectivity index (χ2n) is 5.22. The molecule has 0 bridgehead atoms. The highest BCUT2D eigenvalue weighted by Crippen LogP contribution is 2.25. The van der Waals surface area contributed by atoms with Gasteiger partial charge in [-0.15, -0.1) is 0 Å². The SMILES string of the molecule is CCC1CCN(CCN(CC)CC)C(C(=O)O)C1. The van der Waals surface area contributed by atoms with Crippen LogP contribution in [0.2, 0.25) is 0 Å². The van der Waals surface area contributed by atoms with Crippen LogP contribution in [-0.2, 0) is 4.79 Å². The molecule has 0 amide bonds. The van der Waals surface area contributed by atoms with Gasteiger partial charge in [-0.05, 0) is 38.4 Å². The van der Waals surface area contributed by atoms with E-state index in [0.717, 1.165) is 52.0 Å². The van der Waals surface area contributed by atoms with Crippen molar-refractivity contribution in [2.45, 2.75) is 46.1 Å². The third-order valence-electron chi connectivity index (χ3n) is 4.28. The molecule has 18 heavy (non-hydrogen) atoms. The summed E-state index contributed by atoms with van der Waals surface area (Å²) >= 11 is 0. The predicted octanol–water partition coefficient (Wildman–Crippen LogP) is 1.90. The lowest BCUT2D eigenvalue weighted by molar-refractivity contribution is -0.145. The Morgan fingerprint density at radius 2 is 2.00 bits per heavy atom. The summed E-state index contributed by atoms with van der Waals surface area (Å²) in [6.07, 6.45) is 3.08. The molecule has 1 saturated heterocycles. The van der Waals surface area contributed by atoms with Gasteiger partial charge < -0.3 is 10.0 Å². The fourth-order valence-electron chi connectivity index (χ4n) is 2.79. The van der Waals surface area contributed by atoms with Gasteiger partial charge in [-0.1, -0.05) is 27.2 Å². The van der Waals surface area contributed by atoms with Crippen molar-refractivity contribution in [3.8, 4) is 0 Å². The van der Waals surface area contributed by atoms with Crippen LogP contribution >= 0.6 is 0 Å². The van der Waals surface area contributed by atoms with Crippen LogP contribution in [0.4, 0.5) is 0 Å². The van der Waals surface area contributed by atoms with E-state index < -0.39 is 5.97 Å². The van der Waals surface area contributed by atoms with E-state index >= 15 is 0 Å². The molecule has 4 nitrogen and oxygen atoms in total. The van der Waals surface area contributed by atoms with Crippen LogP contribution in [0.3, 0.4) is 0 Å². The molecule has 1 rings (SSSR count). The van der Waals surface area contributed by atoms with Gasteiger partial charge in [-0.2, -0.15) is 0 Å². The molecule has 2 unspecified atom stereocenters. The van der Waals surface area contributed by atoms with Gasteiger partial charge in [0.05, 0.1) is 0 Å². The Bertz CT molecular complexity index is 254. The molecule has 1 aliphatic heterocycles. The van der Waals surface area contributed by atoms with Crippen LogP contribution in [0.1, 0.15) is 40.0 Å². The Balaban J connectivity index is 2.49. The van der Waals surface area contributed by atoms with Crippen LogP contribution in [0, 0.1) is 5.92 Å².